The Kier molecular flexibility index (Phi) is 6.25. The SMILES string of the molecule is O=C(O)C(=O)Cc1ncc2cc(C=CCNC3=NCCCCC3)ccc2n1. The molecule has 2 heterocycles. The largest absolute Gasteiger partial charge is 0.475 e. The highest BCUT2D eigenvalue weighted by molar-refractivity contribution is 6.33. The topological polar surface area (TPSA) is 105 Å². The van der Waals surface area contributed by atoms with Gasteiger partial charge in [-0.25, -0.2) is 14.8 Å². The molecule has 1 aliphatic heterocycles. The Labute approximate surface area is 157 Å². The lowest BCUT2D eigenvalue weighted by atomic mass is 10.1. The molecule has 0 atom stereocenters. The van der Waals surface area contributed by atoms with Crippen molar-refractivity contribution in [1.29, 1.82) is 0 Å². The third kappa shape index (κ3) is 5.44. The second kappa shape index (κ2) is 9.02. The molecule has 1 aromatic heterocycles. The van der Waals surface area contributed by atoms with E-state index in [4.69, 9.17) is 5.11 Å². The van der Waals surface area contributed by atoms with E-state index >= 15 is 0 Å². The number of aliphatic imine (C=N–C) groups is 1. The number of Topliss-reactive ketones (excluding diaryl/α,β-unsaturated/α-hetero) is 1. The van der Waals surface area contributed by atoms with E-state index in [0.29, 0.717) is 5.52 Å². The van der Waals surface area contributed by atoms with Crippen molar-refractivity contribution in [3.63, 3.8) is 0 Å². The van der Waals surface area contributed by atoms with Crippen LogP contribution in [0.1, 0.15) is 37.1 Å². The quantitative estimate of drug-likeness (QED) is 0.761. The lowest BCUT2D eigenvalue weighted by Gasteiger charge is -2.05. The molecule has 1 aliphatic rings. The predicted octanol–water partition coefficient (Wildman–Crippen LogP) is 2.40. The monoisotopic (exact) mass is 366 g/mol. The first-order valence-electron chi connectivity index (χ1n) is 9.07. The van der Waals surface area contributed by atoms with Gasteiger partial charge in [-0.1, -0.05) is 24.6 Å². The summed E-state index contributed by atoms with van der Waals surface area (Å²) in [7, 11) is 0. The molecule has 7 nitrogen and oxygen atoms in total. The summed E-state index contributed by atoms with van der Waals surface area (Å²) in [5.41, 5.74) is 1.70. The van der Waals surface area contributed by atoms with E-state index in [-0.39, 0.29) is 12.2 Å². The smallest absolute Gasteiger partial charge is 0.372 e. The van der Waals surface area contributed by atoms with Gasteiger partial charge in [-0.05, 0) is 30.5 Å². The maximum atomic E-state index is 11.3. The van der Waals surface area contributed by atoms with Crippen LogP contribution in [0, 0.1) is 0 Å². The van der Waals surface area contributed by atoms with Crippen molar-refractivity contribution >= 4 is 34.6 Å². The molecule has 0 radical (unpaired) electrons. The minimum Gasteiger partial charge on any atom is -0.475 e. The standard InChI is InChI=1S/C20H22N4O3/c25-17(20(26)27)12-19-23-13-15-11-14(7-8-16(15)24-19)5-4-10-22-18-6-2-1-3-9-21-18/h4-5,7-8,11,13H,1-3,6,9-10,12H2,(H,21,22)(H,26,27). The van der Waals surface area contributed by atoms with Crippen LogP contribution in [0.5, 0.6) is 0 Å². The second-order valence-corrected chi connectivity index (χ2v) is 6.43. The molecule has 2 aromatic rings. The number of carbonyl (C=O) groups is 2. The lowest BCUT2D eigenvalue weighted by Crippen LogP contribution is -2.23. The van der Waals surface area contributed by atoms with E-state index in [1.807, 2.05) is 24.3 Å². The Balaban J connectivity index is 1.61. The van der Waals surface area contributed by atoms with Crippen LogP contribution in [0.4, 0.5) is 0 Å². The first kappa shape index (κ1) is 18.7. The van der Waals surface area contributed by atoms with Gasteiger partial charge in [0.15, 0.2) is 0 Å². The Morgan fingerprint density at radius 2 is 2.11 bits per heavy atom. The summed E-state index contributed by atoms with van der Waals surface area (Å²) >= 11 is 0. The number of ketones is 1. The molecule has 7 heteroatoms. The summed E-state index contributed by atoms with van der Waals surface area (Å²) in [4.78, 5) is 34.8. The van der Waals surface area contributed by atoms with Crippen LogP contribution in [0.3, 0.4) is 0 Å². The van der Waals surface area contributed by atoms with Gasteiger partial charge < -0.3 is 10.4 Å². The molecular formula is C20H22N4O3. The number of hydrogen-bond donors (Lipinski definition) is 2. The molecule has 1 aromatic carbocycles. The average molecular weight is 366 g/mol. The highest BCUT2D eigenvalue weighted by Crippen LogP contribution is 2.15. The Morgan fingerprint density at radius 1 is 1.22 bits per heavy atom. The summed E-state index contributed by atoms with van der Waals surface area (Å²) in [5, 5.41) is 12.9. The number of carboxylic acid groups (broad SMARTS) is 1. The van der Waals surface area contributed by atoms with Crippen molar-refractivity contribution in [2.24, 2.45) is 4.99 Å². The molecule has 0 bridgehead atoms. The highest BCUT2D eigenvalue weighted by atomic mass is 16.4. The third-order valence-electron chi connectivity index (χ3n) is 4.32. The molecule has 0 fully saturated rings. The normalized spacial score (nSPS) is 14.7. The number of nitrogens with one attached hydrogen (secondary N) is 1. The molecule has 0 unspecified atom stereocenters. The van der Waals surface area contributed by atoms with Crippen LogP contribution >= 0.6 is 0 Å². The Bertz CT molecular complexity index is 905. The number of aliphatic carboxylic acids is 1. The molecule has 0 saturated carbocycles. The zero-order chi connectivity index (χ0) is 19.1. The van der Waals surface area contributed by atoms with Crippen molar-refractivity contribution < 1.29 is 14.7 Å². The molecule has 3 rings (SSSR count). The molecule has 0 amide bonds. The van der Waals surface area contributed by atoms with Crippen LogP contribution in [0.2, 0.25) is 0 Å². The minimum absolute atomic E-state index is 0.214. The third-order valence-corrected chi connectivity index (χ3v) is 4.32. The minimum atomic E-state index is -1.47. The van der Waals surface area contributed by atoms with Gasteiger partial charge in [-0.2, -0.15) is 0 Å². The van der Waals surface area contributed by atoms with Crippen LogP contribution in [0.25, 0.3) is 17.0 Å². The first-order chi connectivity index (χ1) is 13.1. The molecule has 2 N–H and O–H groups in total. The van der Waals surface area contributed by atoms with Gasteiger partial charge in [-0.15, -0.1) is 0 Å². The van der Waals surface area contributed by atoms with Crippen molar-refractivity contribution in [1.82, 2.24) is 15.3 Å². The van der Waals surface area contributed by atoms with E-state index < -0.39 is 11.8 Å². The molecule has 140 valence electrons. The van der Waals surface area contributed by atoms with Gasteiger partial charge in [0.25, 0.3) is 0 Å². The fraction of sp³-hybridized carbons (Fsp3) is 0.350. The molecule has 27 heavy (non-hydrogen) atoms. The lowest BCUT2D eigenvalue weighted by molar-refractivity contribution is -0.148. The molecule has 0 saturated heterocycles. The number of nitrogens with zero attached hydrogens (tertiary/aromatic N) is 3. The van der Waals surface area contributed by atoms with Crippen molar-refractivity contribution in [2.75, 3.05) is 13.1 Å². The fourth-order valence-electron chi connectivity index (χ4n) is 2.89. The number of rotatable bonds is 6. The molecule has 0 spiro atoms. The predicted molar refractivity (Wildman–Crippen MR) is 104 cm³/mol. The summed E-state index contributed by atoms with van der Waals surface area (Å²) < 4.78 is 0. The number of carboxylic acids is 1. The number of hydrogen-bond acceptors (Lipinski definition) is 6. The van der Waals surface area contributed by atoms with Gasteiger partial charge in [0.2, 0.25) is 5.78 Å². The van der Waals surface area contributed by atoms with Crippen LogP contribution in [0.15, 0.2) is 35.5 Å². The van der Waals surface area contributed by atoms with Gasteiger partial charge in [0, 0.05) is 31.1 Å². The van der Waals surface area contributed by atoms with Gasteiger partial charge >= 0.3 is 5.97 Å². The Hall–Kier alpha value is -3.09. The highest BCUT2D eigenvalue weighted by Gasteiger charge is 2.14. The van der Waals surface area contributed by atoms with E-state index in [1.165, 1.54) is 19.3 Å². The fourth-order valence-corrected chi connectivity index (χ4v) is 2.89. The van der Waals surface area contributed by atoms with E-state index in [1.54, 1.807) is 6.20 Å². The van der Waals surface area contributed by atoms with Gasteiger partial charge in [0.1, 0.15) is 5.82 Å². The number of benzene rings is 1. The first-order valence-corrected chi connectivity index (χ1v) is 9.07. The van der Waals surface area contributed by atoms with Gasteiger partial charge in [-0.3, -0.25) is 9.79 Å². The van der Waals surface area contributed by atoms with Crippen LogP contribution < -0.4 is 5.32 Å². The van der Waals surface area contributed by atoms with E-state index in [0.717, 1.165) is 36.3 Å². The number of fused-ring (bicyclic) bond motifs is 1. The summed E-state index contributed by atoms with van der Waals surface area (Å²) in [6.45, 7) is 1.64. The average Bonchev–Trinajstić information content (AvgIpc) is 2.94. The summed E-state index contributed by atoms with van der Waals surface area (Å²) in [6.07, 6.45) is 10.0. The maximum Gasteiger partial charge on any atom is 0.372 e. The zero-order valence-corrected chi connectivity index (χ0v) is 15.0. The molecular weight excluding hydrogens is 344 g/mol. The number of carbonyl (C=O) groups excluding carboxylic acids is 1. The second-order valence-electron chi connectivity index (χ2n) is 6.43. The Morgan fingerprint density at radius 3 is 2.96 bits per heavy atom. The van der Waals surface area contributed by atoms with E-state index in [2.05, 4.69) is 26.4 Å². The van der Waals surface area contributed by atoms with Crippen LogP contribution in [-0.4, -0.2) is 45.8 Å². The molecule has 0 aliphatic carbocycles. The summed E-state index contributed by atoms with van der Waals surface area (Å²) in [5.74, 6) is -1.08. The van der Waals surface area contributed by atoms with Crippen molar-refractivity contribution in [2.45, 2.75) is 32.1 Å². The number of amidine groups is 1. The van der Waals surface area contributed by atoms with Crippen molar-refractivity contribution in [3.8, 4) is 0 Å². The summed E-state index contributed by atoms with van der Waals surface area (Å²) in [6, 6.07) is 5.73. The van der Waals surface area contributed by atoms with Crippen molar-refractivity contribution in [3.05, 3.63) is 41.9 Å². The zero-order valence-electron chi connectivity index (χ0n) is 15.0. The van der Waals surface area contributed by atoms with Crippen LogP contribution in [-0.2, 0) is 16.0 Å². The van der Waals surface area contributed by atoms with Gasteiger partial charge in [0.05, 0.1) is 17.8 Å². The van der Waals surface area contributed by atoms with E-state index in [9.17, 15) is 9.59 Å². The number of aromatic nitrogens is 2. The maximum absolute atomic E-state index is 11.3.